The first-order valence-electron chi connectivity index (χ1n) is 20.6. The van der Waals surface area contributed by atoms with Crippen LogP contribution in [0.15, 0.2) is 204 Å². The summed E-state index contributed by atoms with van der Waals surface area (Å²) in [4.78, 5) is 10.4. The smallest absolute Gasteiger partial charge is 0.158 e. The van der Waals surface area contributed by atoms with Gasteiger partial charge in [-0.15, -0.1) is 0 Å². The lowest BCUT2D eigenvalue weighted by Crippen LogP contribution is -2.16. The second-order valence-electron chi connectivity index (χ2n) is 16.4. The zero-order valence-corrected chi connectivity index (χ0v) is 33.6. The van der Waals surface area contributed by atoms with Gasteiger partial charge in [-0.25, -0.2) is 9.98 Å². The maximum absolute atomic E-state index is 6.74. The minimum absolute atomic E-state index is 0.110. The molecular weight excluding hydrogens is 729 g/mol. The summed E-state index contributed by atoms with van der Waals surface area (Å²) in [6.07, 6.45) is 0. The second kappa shape index (κ2) is 14.1. The Morgan fingerprint density at radius 1 is 0.500 bits per heavy atom. The number of aliphatic imine (C=N–C) groups is 2. The summed E-state index contributed by atoms with van der Waals surface area (Å²) in [6, 6.07) is 69.3. The Labute approximate surface area is 349 Å². The molecule has 0 spiro atoms. The van der Waals surface area contributed by atoms with Crippen molar-refractivity contribution >= 4 is 55.0 Å². The fourth-order valence-corrected chi connectivity index (χ4v) is 9.47. The number of nitrogens with two attached hydrogens (primary N) is 1. The predicted octanol–water partition coefficient (Wildman–Crippen LogP) is 13.6. The average molecular weight is 771 g/mol. The fraction of sp³-hybridized carbons (Fsp3) is 0.0714. The van der Waals surface area contributed by atoms with Gasteiger partial charge in [0.25, 0.3) is 0 Å². The van der Waals surface area contributed by atoms with Crippen LogP contribution < -0.4 is 5.73 Å². The molecule has 1 aliphatic rings. The molecule has 60 heavy (non-hydrogen) atoms. The minimum Gasteiger partial charge on any atom is -0.383 e. The van der Waals surface area contributed by atoms with Crippen LogP contribution in [-0.4, -0.2) is 16.2 Å². The molecule has 0 fully saturated rings. The number of hydrogen-bond donors (Lipinski definition) is 1. The molecular formula is C56H42N4. The SMILES string of the molecule is CC1(C)c2ccc(-c3cccc4c5cc6ccccc6cc5n(C/N=C(\N=C(N)c5ccccc5)c5ccc(-c6ccccc6)cc5)c34)cc2-c2c1ccc1ccccc21. The molecule has 4 nitrogen and oxygen atoms in total. The molecule has 0 saturated heterocycles. The van der Waals surface area contributed by atoms with E-state index in [2.05, 4.69) is 176 Å². The Kier molecular flexibility index (Phi) is 8.35. The van der Waals surface area contributed by atoms with Crippen molar-refractivity contribution in [1.29, 1.82) is 0 Å². The summed E-state index contributed by atoms with van der Waals surface area (Å²) in [5.74, 6) is 0.997. The van der Waals surface area contributed by atoms with Crippen LogP contribution in [0.3, 0.4) is 0 Å². The largest absolute Gasteiger partial charge is 0.383 e. The van der Waals surface area contributed by atoms with E-state index in [1.807, 2.05) is 36.4 Å². The van der Waals surface area contributed by atoms with E-state index in [1.54, 1.807) is 0 Å². The van der Waals surface area contributed by atoms with Gasteiger partial charge >= 0.3 is 0 Å². The zero-order valence-electron chi connectivity index (χ0n) is 33.6. The van der Waals surface area contributed by atoms with E-state index in [4.69, 9.17) is 15.7 Å². The maximum atomic E-state index is 6.74. The number of para-hydroxylation sites is 1. The van der Waals surface area contributed by atoms with Crippen LogP contribution in [0.2, 0.25) is 0 Å². The molecule has 0 radical (unpaired) electrons. The van der Waals surface area contributed by atoms with Crippen molar-refractivity contribution in [3.05, 3.63) is 216 Å². The van der Waals surface area contributed by atoms with E-state index < -0.39 is 0 Å². The third kappa shape index (κ3) is 5.83. The molecule has 1 heterocycles. The summed E-state index contributed by atoms with van der Waals surface area (Å²) >= 11 is 0. The molecule has 2 N–H and O–H groups in total. The monoisotopic (exact) mass is 770 g/mol. The molecule has 1 aliphatic carbocycles. The van der Waals surface area contributed by atoms with Gasteiger partial charge in [0.05, 0.1) is 11.0 Å². The Morgan fingerprint density at radius 2 is 1.13 bits per heavy atom. The van der Waals surface area contributed by atoms with Gasteiger partial charge < -0.3 is 10.3 Å². The van der Waals surface area contributed by atoms with E-state index in [0.717, 1.165) is 33.3 Å². The fourth-order valence-electron chi connectivity index (χ4n) is 9.47. The summed E-state index contributed by atoms with van der Waals surface area (Å²) in [6.45, 7) is 5.04. The van der Waals surface area contributed by atoms with Crippen LogP contribution in [0.25, 0.3) is 76.7 Å². The number of nitrogens with zero attached hydrogens (tertiary/aromatic N) is 3. The molecule has 0 unspecified atom stereocenters. The van der Waals surface area contributed by atoms with E-state index in [1.165, 1.54) is 65.7 Å². The number of benzene rings is 9. The molecule has 0 saturated carbocycles. The lowest BCUT2D eigenvalue weighted by molar-refractivity contribution is 0.661. The summed E-state index contributed by atoms with van der Waals surface area (Å²) in [7, 11) is 0. The van der Waals surface area contributed by atoms with Crippen LogP contribution in [0, 0.1) is 0 Å². The summed E-state index contributed by atoms with van der Waals surface area (Å²) < 4.78 is 2.37. The van der Waals surface area contributed by atoms with Crippen molar-refractivity contribution < 1.29 is 0 Å². The molecule has 10 aromatic rings. The average Bonchev–Trinajstić information content (AvgIpc) is 3.74. The van der Waals surface area contributed by atoms with Gasteiger partial charge in [-0.05, 0) is 78.7 Å². The third-order valence-electron chi connectivity index (χ3n) is 12.5. The van der Waals surface area contributed by atoms with E-state index in [0.29, 0.717) is 18.3 Å². The van der Waals surface area contributed by atoms with Crippen molar-refractivity contribution in [3.8, 4) is 33.4 Å². The maximum Gasteiger partial charge on any atom is 0.158 e. The van der Waals surface area contributed by atoms with Gasteiger partial charge in [-0.2, -0.15) is 0 Å². The van der Waals surface area contributed by atoms with Crippen LogP contribution in [0.4, 0.5) is 0 Å². The number of aromatic nitrogens is 1. The first-order chi connectivity index (χ1) is 29.4. The van der Waals surface area contributed by atoms with E-state index in [-0.39, 0.29) is 5.41 Å². The number of rotatable bonds is 6. The first-order valence-corrected chi connectivity index (χ1v) is 20.6. The summed E-state index contributed by atoms with van der Waals surface area (Å²) in [5.41, 5.74) is 20.7. The van der Waals surface area contributed by atoms with Gasteiger partial charge in [-0.1, -0.05) is 190 Å². The zero-order chi connectivity index (χ0) is 40.4. The van der Waals surface area contributed by atoms with Crippen molar-refractivity contribution in [2.75, 3.05) is 0 Å². The standard InChI is InChI=1S/C56H42N4/c1-56(2)49-30-29-43(33-48(49)52-44-21-12-11-16-38(44)28-31-50(52)56)45-22-13-23-46-47-32-41-19-9-10-20-42(41)34-51(47)60(53(45)46)35-58-55(59-54(57)39-17-7-4-8-18-39)40-26-24-37(25-27-40)36-14-5-3-6-15-36/h3-34H,35H2,1-2H3,(H2,57,58,59). The molecule has 0 amide bonds. The lowest BCUT2D eigenvalue weighted by Gasteiger charge is -2.21. The van der Waals surface area contributed by atoms with Crippen molar-refractivity contribution in [2.45, 2.75) is 25.9 Å². The highest BCUT2D eigenvalue weighted by Crippen LogP contribution is 2.52. The molecule has 286 valence electrons. The van der Waals surface area contributed by atoms with Gasteiger partial charge in [0, 0.05) is 32.9 Å². The molecule has 0 aliphatic heterocycles. The van der Waals surface area contributed by atoms with Crippen LogP contribution in [0.5, 0.6) is 0 Å². The van der Waals surface area contributed by atoms with Crippen LogP contribution in [0.1, 0.15) is 36.1 Å². The summed E-state index contributed by atoms with van der Waals surface area (Å²) in [5, 5.41) is 7.34. The highest BCUT2D eigenvalue weighted by Gasteiger charge is 2.36. The Morgan fingerprint density at radius 3 is 1.92 bits per heavy atom. The third-order valence-corrected chi connectivity index (χ3v) is 12.5. The molecule has 9 aromatic carbocycles. The number of hydrogen-bond acceptors (Lipinski definition) is 1. The highest BCUT2D eigenvalue weighted by molar-refractivity contribution is 6.17. The molecule has 0 atom stereocenters. The molecule has 4 heteroatoms. The van der Waals surface area contributed by atoms with Crippen molar-refractivity contribution in [3.63, 3.8) is 0 Å². The van der Waals surface area contributed by atoms with E-state index >= 15 is 0 Å². The van der Waals surface area contributed by atoms with Crippen LogP contribution in [-0.2, 0) is 12.1 Å². The Balaban J connectivity index is 1.12. The quantitative estimate of drug-likeness (QED) is 0.133. The van der Waals surface area contributed by atoms with Gasteiger partial charge in [0.2, 0.25) is 0 Å². The van der Waals surface area contributed by atoms with E-state index in [9.17, 15) is 0 Å². The number of amidine groups is 2. The van der Waals surface area contributed by atoms with Crippen molar-refractivity contribution in [1.82, 2.24) is 4.57 Å². The molecule has 1 aromatic heterocycles. The first kappa shape index (κ1) is 35.6. The molecule has 0 bridgehead atoms. The highest BCUT2D eigenvalue weighted by atomic mass is 15.1. The Hall–Kier alpha value is -7.56. The van der Waals surface area contributed by atoms with Crippen molar-refractivity contribution in [2.24, 2.45) is 15.7 Å². The van der Waals surface area contributed by atoms with Gasteiger partial charge in [0.1, 0.15) is 12.5 Å². The van der Waals surface area contributed by atoms with Crippen LogP contribution >= 0.6 is 0 Å². The van der Waals surface area contributed by atoms with Gasteiger partial charge in [0.15, 0.2) is 5.84 Å². The molecule has 11 rings (SSSR count). The minimum atomic E-state index is -0.110. The topological polar surface area (TPSA) is 55.7 Å². The lowest BCUT2D eigenvalue weighted by atomic mass is 9.82. The second-order valence-corrected chi connectivity index (χ2v) is 16.4. The Bertz CT molecular complexity index is 3350. The normalized spacial score (nSPS) is 13.6. The predicted molar refractivity (Wildman–Crippen MR) is 253 cm³/mol. The van der Waals surface area contributed by atoms with Gasteiger partial charge in [-0.3, -0.25) is 0 Å². The number of fused-ring (bicyclic) bond motifs is 9.